The molecule has 0 aliphatic rings. The molecule has 0 atom stereocenters. The second-order valence-electron chi connectivity index (χ2n) is 8.60. The Bertz CT molecular complexity index is 1790. The number of halogens is 1. The first-order valence-electron chi connectivity index (χ1n) is 11.5. The average Bonchev–Trinajstić information content (AvgIpc) is 3.50. The van der Waals surface area contributed by atoms with Crippen LogP contribution in [0.3, 0.4) is 0 Å². The van der Waals surface area contributed by atoms with Crippen LogP contribution >= 0.6 is 15.9 Å². The number of oxazole rings is 1. The van der Waals surface area contributed by atoms with E-state index in [-0.39, 0.29) is 0 Å². The molecular weight excluding hydrogens is 496 g/mol. The third-order valence-electron chi connectivity index (χ3n) is 6.54. The number of aromatic nitrogens is 2. The first-order chi connectivity index (χ1) is 17.3. The van der Waals surface area contributed by atoms with Gasteiger partial charge in [0, 0.05) is 26.5 Å². The Balaban J connectivity index is 1.25. The predicted octanol–water partition coefficient (Wildman–Crippen LogP) is 9.02. The van der Waals surface area contributed by atoms with Crippen molar-refractivity contribution in [2.24, 2.45) is 0 Å². The summed E-state index contributed by atoms with van der Waals surface area (Å²) in [7, 11) is 0. The molecule has 2 aromatic heterocycles. The predicted molar refractivity (Wildman–Crippen MR) is 147 cm³/mol. The molecule has 7 rings (SSSR count). The molecule has 7 aromatic rings. The van der Waals surface area contributed by atoms with Crippen LogP contribution in [-0.2, 0) is 0 Å². The molecule has 0 fully saturated rings. The number of nitrogens with zero attached hydrogens (tertiary/aromatic N) is 2. The smallest absolute Gasteiger partial charge is 0.227 e. The molecule has 5 aromatic carbocycles. The Morgan fingerprint density at radius 2 is 1.14 bits per heavy atom. The van der Waals surface area contributed by atoms with Crippen LogP contribution in [0.5, 0.6) is 0 Å². The van der Waals surface area contributed by atoms with Gasteiger partial charge in [-0.05, 0) is 75.6 Å². The maximum Gasteiger partial charge on any atom is 0.227 e. The van der Waals surface area contributed by atoms with Gasteiger partial charge in [-0.15, -0.1) is 0 Å². The molecule has 0 saturated carbocycles. The van der Waals surface area contributed by atoms with Crippen molar-refractivity contribution in [1.29, 1.82) is 0 Å². The maximum absolute atomic E-state index is 5.96. The Kier molecular flexibility index (Phi) is 4.61. The van der Waals surface area contributed by atoms with Crippen molar-refractivity contribution in [3.8, 4) is 28.3 Å². The molecule has 4 heteroatoms. The number of hydrogen-bond donors (Lipinski definition) is 0. The minimum atomic E-state index is 0.625. The van der Waals surface area contributed by atoms with E-state index in [0.717, 1.165) is 32.4 Å². The van der Waals surface area contributed by atoms with E-state index in [4.69, 9.17) is 4.42 Å². The monoisotopic (exact) mass is 514 g/mol. The van der Waals surface area contributed by atoms with Crippen LogP contribution < -0.4 is 0 Å². The summed E-state index contributed by atoms with van der Waals surface area (Å²) < 4.78 is 9.24. The van der Waals surface area contributed by atoms with E-state index in [9.17, 15) is 0 Å². The summed E-state index contributed by atoms with van der Waals surface area (Å²) in [6.07, 6.45) is 0. The zero-order chi connectivity index (χ0) is 23.4. The third-order valence-corrected chi connectivity index (χ3v) is 7.18. The number of benzene rings is 5. The standard InChI is InChI=1S/C31H19BrN2O/c32-26-8-5-11-29-30(26)33-31(35-29)22-14-12-20(13-15-22)21-16-18-23(19-17-21)34-27-9-3-1-6-24(27)25-7-2-4-10-28(25)34/h1-19H. The van der Waals surface area contributed by atoms with Gasteiger partial charge in [0.15, 0.2) is 5.58 Å². The van der Waals surface area contributed by atoms with E-state index in [2.05, 4.69) is 123 Å². The molecule has 0 unspecified atom stereocenters. The summed E-state index contributed by atoms with van der Waals surface area (Å²) in [5, 5.41) is 2.54. The highest BCUT2D eigenvalue weighted by Crippen LogP contribution is 2.33. The van der Waals surface area contributed by atoms with Gasteiger partial charge in [-0.1, -0.05) is 66.7 Å². The van der Waals surface area contributed by atoms with Gasteiger partial charge in [-0.25, -0.2) is 4.98 Å². The van der Waals surface area contributed by atoms with Crippen LogP contribution in [0.2, 0.25) is 0 Å². The fourth-order valence-electron chi connectivity index (χ4n) is 4.85. The zero-order valence-electron chi connectivity index (χ0n) is 18.7. The lowest BCUT2D eigenvalue weighted by Crippen LogP contribution is -1.93. The number of hydrogen-bond acceptors (Lipinski definition) is 2. The summed E-state index contributed by atoms with van der Waals surface area (Å²) in [6, 6.07) is 40.2. The van der Waals surface area contributed by atoms with E-state index in [0.29, 0.717) is 5.89 Å². The highest BCUT2D eigenvalue weighted by molar-refractivity contribution is 9.10. The van der Waals surface area contributed by atoms with E-state index in [1.165, 1.54) is 27.4 Å². The number of fused-ring (bicyclic) bond motifs is 4. The molecule has 0 bridgehead atoms. The van der Waals surface area contributed by atoms with Crippen molar-refractivity contribution >= 4 is 48.8 Å². The topological polar surface area (TPSA) is 31.0 Å². The normalized spacial score (nSPS) is 11.6. The first-order valence-corrected chi connectivity index (χ1v) is 12.3. The van der Waals surface area contributed by atoms with Gasteiger partial charge in [0.05, 0.1) is 11.0 Å². The summed E-state index contributed by atoms with van der Waals surface area (Å²) in [5.41, 5.74) is 8.48. The highest BCUT2D eigenvalue weighted by Gasteiger charge is 2.12. The Hall–Kier alpha value is -4.15. The summed E-state index contributed by atoms with van der Waals surface area (Å²) in [4.78, 5) is 4.66. The van der Waals surface area contributed by atoms with Crippen LogP contribution in [0.4, 0.5) is 0 Å². The van der Waals surface area contributed by atoms with Crippen LogP contribution in [0.1, 0.15) is 0 Å². The molecule has 0 aliphatic carbocycles. The molecule has 35 heavy (non-hydrogen) atoms. The van der Waals surface area contributed by atoms with Crippen LogP contribution in [-0.4, -0.2) is 9.55 Å². The third kappa shape index (κ3) is 3.29. The summed E-state index contributed by atoms with van der Waals surface area (Å²) in [5.74, 6) is 0.625. The Morgan fingerprint density at radius 3 is 1.77 bits per heavy atom. The van der Waals surface area contributed by atoms with Crippen LogP contribution in [0.25, 0.3) is 61.2 Å². The summed E-state index contributed by atoms with van der Waals surface area (Å²) in [6.45, 7) is 0. The molecule has 2 heterocycles. The van der Waals surface area contributed by atoms with Crippen LogP contribution in [0.15, 0.2) is 124 Å². The molecule has 0 saturated heterocycles. The molecule has 3 nitrogen and oxygen atoms in total. The Labute approximate surface area is 210 Å². The molecule has 0 spiro atoms. The summed E-state index contributed by atoms with van der Waals surface area (Å²) >= 11 is 3.55. The first kappa shape index (κ1) is 20.2. The van der Waals surface area contributed by atoms with Gasteiger partial charge >= 0.3 is 0 Å². The van der Waals surface area contributed by atoms with E-state index >= 15 is 0 Å². The van der Waals surface area contributed by atoms with Gasteiger partial charge in [-0.2, -0.15) is 0 Å². The second kappa shape index (κ2) is 7.97. The Morgan fingerprint density at radius 1 is 0.571 bits per heavy atom. The second-order valence-corrected chi connectivity index (χ2v) is 9.45. The van der Waals surface area contributed by atoms with E-state index < -0.39 is 0 Å². The van der Waals surface area contributed by atoms with Gasteiger partial charge in [-0.3, -0.25) is 0 Å². The lowest BCUT2D eigenvalue weighted by Gasteiger charge is -2.09. The van der Waals surface area contributed by atoms with E-state index in [1.54, 1.807) is 0 Å². The average molecular weight is 515 g/mol. The van der Waals surface area contributed by atoms with Crippen molar-refractivity contribution < 1.29 is 4.42 Å². The van der Waals surface area contributed by atoms with Crippen molar-refractivity contribution in [2.75, 3.05) is 0 Å². The lowest BCUT2D eigenvalue weighted by molar-refractivity contribution is 0.620. The van der Waals surface area contributed by atoms with E-state index in [1.807, 2.05) is 18.2 Å². The molecule has 0 radical (unpaired) electrons. The fourth-order valence-corrected chi connectivity index (χ4v) is 5.28. The minimum absolute atomic E-state index is 0.625. The molecule has 166 valence electrons. The van der Waals surface area contributed by atoms with Gasteiger partial charge in [0.1, 0.15) is 5.52 Å². The SMILES string of the molecule is Brc1cccc2oc(-c3ccc(-c4ccc(-n5c6ccccc6c6ccccc65)cc4)cc3)nc12. The largest absolute Gasteiger partial charge is 0.436 e. The minimum Gasteiger partial charge on any atom is -0.436 e. The van der Waals surface area contributed by atoms with Crippen LogP contribution in [0, 0.1) is 0 Å². The van der Waals surface area contributed by atoms with Gasteiger partial charge < -0.3 is 8.98 Å². The quantitative estimate of drug-likeness (QED) is 0.235. The fraction of sp³-hybridized carbons (Fsp3) is 0. The van der Waals surface area contributed by atoms with Gasteiger partial charge in [0.2, 0.25) is 5.89 Å². The molecule has 0 aliphatic heterocycles. The van der Waals surface area contributed by atoms with Crippen molar-refractivity contribution in [2.45, 2.75) is 0 Å². The van der Waals surface area contributed by atoms with Gasteiger partial charge in [0.25, 0.3) is 0 Å². The zero-order valence-corrected chi connectivity index (χ0v) is 20.2. The van der Waals surface area contributed by atoms with Crippen molar-refractivity contribution in [1.82, 2.24) is 9.55 Å². The number of para-hydroxylation sites is 3. The highest BCUT2D eigenvalue weighted by atomic mass is 79.9. The molecule has 0 N–H and O–H groups in total. The lowest BCUT2D eigenvalue weighted by atomic mass is 10.0. The van der Waals surface area contributed by atoms with Crippen molar-refractivity contribution in [3.63, 3.8) is 0 Å². The van der Waals surface area contributed by atoms with Crippen molar-refractivity contribution in [3.05, 3.63) is 120 Å². The molecular formula is C31H19BrN2O. The molecule has 0 amide bonds. The number of rotatable bonds is 3. The maximum atomic E-state index is 5.96.